The number of nitrogens with one attached hydrogen (secondary N) is 2. The Balaban J connectivity index is 1.56. The first-order chi connectivity index (χ1) is 13.5. The standard InChI is InChI=1S/C21H29N5OS/c1-4-22-21(24-13-19-15(2)25-16(3)28-19)23-12-17-7-9-18(10-8-17)14-26-11-5-6-20(26)27/h7-10H,4-6,11-14H2,1-3H3,(H2,22,23,24). The molecule has 1 aromatic carbocycles. The molecule has 1 fully saturated rings. The quantitative estimate of drug-likeness (QED) is 0.554. The Bertz CT molecular complexity index is 828. The maximum atomic E-state index is 11.8. The minimum absolute atomic E-state index is 0.265. The van der Waals surface area contributed by atoms with Crippen molar-refractivity contribution >= 4 is 23.2 Å². The summed E-state index contributed by atoms with van der Waals surface area (Å²) >= 11 is 1.72. The molecular formula is C21H29N5OS. The van der Waals surface area contributed by atoms with E-state index in [-0.39, 0.29) is 5.91 Å². The average Bonchev–Trinajstić information content (AvgIpc) is 3.23. The lowest BCUT2D eigenvalue weighted by molar-refractivity contribution is -0.128. The third kappa shape index (κ3) is 5.55. The van der Waals surface area contributed by atoms with Gasteiger partial charge in [0.2, 0.25) is 5.91 Å². The predicted molar refractivity (Wildman–Crippen MR) is 114 cm³/mol. The van der Waals surface area contributed by atoms with Crippen molar-refractivity contribution in [2.75, 3.05) is 13.1 Å². The zero-order valence-electron chi connectivity index (χ0n) is 16.9. The fourth-order valence-electron chi connectivity index (χ4n) is 3.26. The van der Waals surface area contributed by atoms with Crippen LogP contribution in [0.4, 0.5) is 0 Å². The molecule has 0 spiro atoms. The van der Waals surface area contributed by atoms with E-state index in [4.69, 9.17) is 4.99 Å². The number of benzene rings is 1. The van der Waals surface area contributed by atoms with Crippen LogP contribution in [0.1, 0.15) is 46.5 Å². The van der Waals surface area contributed by atoms with Crippen LogP contribution in [0.3, 0.4) is 0 Å². The summed E-state index contributed by atoms with van der Waals surface area (Å²) in [4.78, 5) is 24.1. The summed E-state index contributed by atoms with van der Waals surface area (Å²) < 4.78 is 0. The Morgan fingerprint density at radius 3 is 2.57 bits per heavy atom. The summed E-state index contributed by atoms with van der Waals surface area (Å²) in [5.41, 5.74) is 3.40. The second kappa shape index (κ2) is 9.68. The molecule has 1 aromatic heterocycles. The van der Waals surface area contributed by atoms with E-state index in [9.17, 15) is 4.79 Å². The molecule has 0 aliphatic carbocycles. The summed E-state index contributed by atoms with van der Waals surface area (Å²) in [7, 11) is 0. The Morgan fingerprint density at radius 2 is 1.96 bits per heavy atom. The number of likely N-dealkylation sites (tertiary alicyclic amines) is 1. The molecule has 0 radical (unpaired) electrons. The monoisotopic (exact) mass is 399 g/mol. The van der Waals surface area contributed by atoms with Gasteiger partial charge in [-0.15, -0.1) is 11.3 Å². The van der Waals surface area contributed by atoms with Crippen molar-refractivity contribution in [2.45, 2.75) is 53.2 Å². The number of carbonyl (C=O) groups excluding carboxylic acids is 1. The van der Waals surface area contributed by atoms with Crippen molar-refractivity contribution in [2.24, 2.45) is 4.99 Å². The Labute approximate surface area is 171 Å². The second-order valence-corrected chi connectivity index (χ2v) is 8.31. The molecule has 1 aliphatic rings. The number of hydrogen-bond donors (Lipinski definition) is 2. The zero-order chi connectivity index (χ0) is 19.9. The SMILES string of the molecule is CCNC(=NCc1ccc(CN2CCCC2=O)cc1)NCc1sc(C)nc1C. The molecule has 0 atom stereocenters. The van der Waals surface area contributed by atoms with E-state index in [2.05, 4.69) is 46.8 Å². The van der Waals surface area contributed by atoms with Gasteiger partial charge in [-0.25, -0.2) is 9.98 Å². The molecule has 0 saturated carbocycles. The van der Waals surface area contributed by atoms with E-state index < -0.39 is 0 Å². The van der Waals surface area contributed by atoms with E-state index in [0.717, 1.165) is 48.3 Å². The molecule has 6 nitrogen and oxygen atoms in total. The lowest BCUT2D eigenvalue weighted by Gasteiger charge is -2.15. The summed E-state index contributed by atoms with van der Waals surface area (Å²) in [6.07, 6.45) is 1.67. The van der Waals surface area contributed by atoms with Crippen molar-refractivity contribution in [1.82, 2.24) is 20.5 Å². The molecule has 2 aromatic rings. The average molecular weight is 400 g/mol. The van der Waals surface area contributed by atoms with Crippen LogP contribution in [0.25, 0.3) is 0 Å². The van der Waals surface area contributed by atoms with Gasteiger partial charge in [-0.05, 0) is 38.3 Å². The summed E-state index contributed by atoms with van der Waals surface area (Å²) in [6, 6.07) is 8.39. The summed E-state index contributed by atoms with van der Waals surface area (Å²) in [6.45, 7) is 9.88. The minimum atomic E-state index is 0.265. The van der Waals surface area contributed by atoms with Crippen molar-refractivity contribution < 1.29 is 4.79 Å². The van der Waals surface area contributed by atoms with Crippen LogP contribution in [0.15, 0.2) is 29.3 Å². The van der Waals surface area contributed by atoms with Gasteiger partial charge in [-0.1, -0.05) is 24.3 Å². The molecule has 1 saturated heterocycles. The van der Waals surface area contributed by atoms with Crippen LogP contribution >= 0.6 is 11.3 Å². The highest BCUT2D eigenvalue weighted by Crippen LogP contribution is 2.17. The van der Waals surface area contributed by atoms with Crippen LogP contribution in [-0.4, -0.2) is 34.8 Å². The highest BCUT2D eigenvalue weighted by molar-refractivity contribution is 7.11. The molecule has 2 heterocycles. The minimum Gasteiger partial charge on any atom is -0.357 e. The molecule has 0 bridgehead atoms. The van der Waals surface area contributed by atoms with Gasteiger partial charge in [-0.2, -0.15) is 0 Å². The Morgan fingerprint density at radius 1 is 1.21 bits per heavy atom. The van der Waals surface area contributed by atoms with Crippen molar-refractivity contribution in [3.8, 4) is 0 Å². The van der Waals surface area contributed by atoms with Gasteiger partial charge in [-0.3, -0.25) is 4.79 Å². The van der Waals surface area contributed by atoms with Crippen LogP contribution in [0, 0.1) is 13.8 Å². The van der Waals surface area contributed by atoms with Crippen molar-refractivity contribution in [3.63, 3.8) is 0 Å². The molecule has 7 heteroatoms. The smallest absolute Gasteiger partial charge is 0.222 e. The van der Waals surface area contributed by atoms with Gasteiger partial charge in [0.05, 0.1) is 23.8 Å². The number of hydrogen-bond acceptors (Lipinski definition) is 4. The molecule has 28 heavy (non-hydrogen) atoms. The fraction of sp³-hybridized carbons (Fsp3) is 0.476. The van der Waals surface area contributed by atoms with Gasteiger partial charge in [0.1, 0.15) is 0 Å². The van der Waals surface area contributed by atoms with E-state index in [1.807, 2.05) is 18.7 Å². The number of rotatable bonds is 7. The number of carbonyl (C=O) groups is 1. The lowest BCUT2D eigenvalue weighted by atomic mass is 10.1. The molecule has 1 amide bonds. The normalized spacial score (nSPS) is 14.6. The van der Waals surface area contributed by atoms with E-state index in [1.165, 1.54) is 10.4 Å². The molecular weight excluding hydrogens is 370 g/mol. The van der Waals surface area contributed by atoms with E-state index in [1.54, 1.807) is 11.3 Å². The Hall–Kier alpha value is -2.41. The van der Waals surface area contributed by atoms with Crippen LogP contribution in [0.2, 0.25) is 0 Å². The van der Waals surface area contributed by atoms with Gasteiger partial charge >= 0.3 is 0 Å². The highest BCUT2D eigenvalue weighted by Gasteiger charge is 2.19. The highest BCUT2D eigenvalue weighted by atomic mass is 32.1. The maximum Gasteiger partial charge on any atom is 0.222 e. The predicted octanol–water partition coefficient (Wildman–Crippen LogP) is 3.14. The number of aliphatic imine (C=N–C) groups is 1. The fourth-order valence-corrected chi connectivity index (χ4v) is 4.13. The van der Waals surface area contributed by atoms with Crippen LogP contribution in [-0.2, 0) is 24.4 Å². The van der Waals surface area contributed by atoms with Gasteiger partial charge < -0.3 is 15.5 Å². The van der Waals surface area contributed by atoms with Crippen molar-refractivity contribution in [3.05, 3.63) is 51.0 Å². The van der Waals surface area contributed by atoms with Gasteiger partial charge in [0, 0.05) is 30.9 Å². The second-order valence-electron chi connectivity index (χ2n) is 7.03. The first kappa shape index (κ1) is 20.3. The topological polar surface area (TPSA) is 69.6 Å². The van der Waals surface area contributed by atoms with Crippen LogP contribution < -0.4 is 10.6 Å². The molecule has 2 N–H and O–H groups in total. The third-order valence-corrected chi connectivity index (χ3v) is 5.82. The number of thiazole rings is 1. The molecule has 3 rings (SSSR count). The molecule has 150 valence electrons. The number of aryl methyl sites for hydroxylation is 2. The number of nitrogens with zero attached hydrogens (tertiary/aromatic N) is 3. The third-order valence-electron chi connectivity index (χ3n) is 4.75. The zero-order valence-corrected chi connectivity index (χ0v) is 17.7. The number of aromatic nitrogens is 1. The molecule has 0 unspecified atom stereocenters. The van der Waals surface area contributed by atoms with E-state index >= 15 is 0 Å². The Kier molecular flexibility index (Phi) is 7.03. The first-order valence-electron chi connectivity index (χ1n) is 9.86. The van der Waals surface area contributed by atoms with Crippen molar-refractivity contribution in [1.29, 1.82) is 0 Å². The first-order valence-corrected chi connectivity index (χ1v) is 10.7. The number of guanidine groups is 1. The summed E-state index contributed by atoms with van der Waals surface area (Å²) in [5.74, 6) is 1.07. The van der Waals surface area contributed by atoms with E-state index in [0.29, 0.717) is 19.5 Å². The molecule has 1 aliphatic heterocycles. The summed E-state index contributed by atoms with van der Waals surface area (Å²) in [5, 5.41) is 7.77. The maximum absolute atomic E-state index is 11.8. The van der Waals surface area contributed by atoms with Crippen LogP contribution in [0.5, 0.6) is 0 Å². The lowest BCUT2D eigenvalue weighted by Crippen LogP contribution is -2.36. The van der Waals surface area contributed by atoms with Gasteiger partial charge in [0.15, 0.2) is 5.96 Å². The largest absolute Gasteiger partial charge is 0.357 e. The van der Waals surface area contributed by atoms with Gasteiger partial charge in [0.25, 0.3) is 0 Å². The number of amides is 1.